The van der Waals surface area contributed by atoms with Gasteiger partial charge in [-0.15, -0.1) is 10.2 Å². The average molecular weight is 466 g/mol. The molecule has 2 aromatic rings. The van der Waals surface area contributed by atoms with Crippen LogP contribution in [0.5, 0.6) is 0 Å². The number of carbonyl (C=O) groups excluding carboxylic acids is 1. The summed E-state index contributed by atoms with van der Waals surface area (Å²) < 4.78 is 26.4. The summed E-state index contributed by atoms with van der Waals surface area (Å²) in [5.41, 5.74) is 1.09. The number of rotatable bonds is 9. The number of nitrogens with zero attached hydrogens (tertiary/aromatic N) is 4. The topological polar surface area (TPSA) is 95.5 Å². The van der Waals surface area contributed by atoms with Gasteiger partial charge in [0.15, 0.2) is 0 Å². The Kier molecular flexibility index (Phi) is 8.01. The Morgan fingerprint density at radius 2 is 1.90 bits per heavy atom. The van der Waals surface area contributed by atoms with Crippen molar-refractivity contribution >= 4 is 38.1 Å². The van der Waals surface area contributed by atoms with Gasteiger partial charge in [-0.2, -0.15) is 0 Å². The molecule has 170 valence electrons. The molecule has 10 heteroatoms. The fourth-order valence-corrected chi connectivity index (χ4v) is 5.28. The molecule has 0 aliphatic carbocycles. The van der Waals surface area contributed by atoms with E-state index in [1.54, 1.807) is 12.1 Å². The number of sulfonamides is 1. The van der Waals surface area contributed by atoms with Crippen molar-refractivity contribution in [3.63, 3.8) is 0 Å². The maximum atomic E-state index is 13.2. The van der Waals surface area contributed by atoms with E-state index in [0.29, 0.717) is 10.7 Å². The minimum Gasteiger partial charge on any atom is -0.371 e. The van der Waals surface area contributed by atoms with E-state index >= 15 is 0 Å². The molecule has 0 unspecified atom stereocenters. The summed E-state index contributed by atoms with van der Waals surface area (Å²) >= 11 is 1.37. The molecule has 1 aromatic carbocycles. The molecule has 1 aliphatic heterocycles. The number of amides is 1. The monoisotopic (exact) mass is 465 g/mol. The van der Waals surface area contributed by atoms with Gasteiger partial charge in [-0.1, -0.05) is 31.1 Å². The predicted octanol–water partition coefficient (Wildman–Crippen LogP) is 3.76. The third-order valence-corrected chi connectivity index (χ3v) is 8.08. The van der Waals surface area contributed by atoms with Gasteiger partial charge < -0.3 is 4.90 Å². The first-order valence-electron chi connectivity index (χ1n) is 10.8. The van der Waals surface area contributed by atoms with Crippen molar-refractivity contribution in [2.45, 2.75) is 56.8 Å². The van der Waals surface area contributed by atoms with E-state index in [-0.39, 0.29) is 10.8 Å². The fourth-order valence-electron chi connectivity index (χ4n) is 3.57. The van der Waals surface area contributed by atoms with Crippen molar-refractivity contribution in [1.82, 2.24) is 14.5 Å². The van der Waals surface area contributed by atoms with Gasteiger partial charge in [-0.05, 0) is 43.9 Å². The third-order valence-electron chi connectivity index (χ3n) is 5.37. The van der Waals surface area contributed by atoms with Crippen molar-refractivity contribution in [3.8, 4) is 0 Å². The second-order valence-electron chi connectivity index (χ2n) is 7.93. The van der Waals surface area contributed by atoms with E-state index in [9.17, 15) is 13.2 Å². The van der Waals surface area contributed by atoms with Crippen LogP contribution >= 0.6 is 11.3 Å². The number of benzene rings is 1. The lowest BCUT2D eigenvalue weighted by Gasteiger charge is -2.30. The van der Waals surface area contributed by atoms with Gasteiger partial charge in [-0.25, -0.2) is 12.7 Å². The van der Waals surface area contributed by atoms with Crippen LogP contribution in [0.25, 0.3) is 0 Å². The molecule has 1 amide bonds. The molecule has 0 atom stereocenters. The molecule has 3 rings (SSSR count). The normalized spacial score (nSPS) is 14.8. The van der Waals surface area contributed by atoms with Crippen LogP contribution in [0.4, 0.5) is 10.8 Å². The van der Waals surface area contributed by atoms with E-state index in [0.717, 1.165) is 73.0 Å². The number of aryl methyl sites for hydroxylation is 1. The Hall–Kier alpha value is -2.04. The number of piperidine rings is 1. The highest BCUT2D eigenvalue weighted by atomic mass is 32.2. The highest BCUT2D eigenvalue weighted by molar-refractivity contribution is 7.89. The lowest BCUT2D eigenvalue weighted by atomic mass is 10.1. The maximum absolute atomic E-state index is 13.2. The number of unbranched alkanes of at least 4 members (excludes halogenated alkanes) is 2. The zero-order chi connectivity index (χ0) is 22.4. The Morgan fingerprint density at radius 3 is 2.58 bits per heavy atom. The van der Waals surface area contributed by atoms with Crippen molar-refractivity contribution in [3.05, 3.63) is 28.8 Å². The molecule has 8 nitrogen and oxygen atoms in total. The number of hydrogen-bond acceptors (Lipinski definition) is 7. The first-order valence-corrected chi connectivity index (χ1v) is 13.0. The summed E-state index contributed by atoms with van der Waals surface area (Å²) in [4.78, 5) is 15.4. The number of carbonyl (C=O) groups is 1. The van der Waals surface area contributed by atoms with Gasteiger partial charge in [0.2, 0.25) is 15.2 Å². The van der Waals surface area contributed by atoms with Crippen LogP contribution in [-0.4, -0.2) is 56.0 Å². The molecular formula is C21H31N5O3S2. The van der Waals surface area contributed by atoms with Crippen LogP contribution in [-0.2, 0) is 16.4 Å². The summed E-state index contributed by atoms with van der Waals surface area (Å²) in [6, 6.07) is 4.79. The molecule has 1 fully saturated rings. The summed E-state index contributed by atoms with van der Waals surface area (Å²) in [7, 11) is -0.690. The van der Waals surface area contributed by atoms with E-state index < -0.39 is 10.0 Å². The van der Waals surface area contributed by atoms with E-state index in [1.807, 2.05) is 0 Å². The number of anilines is 2. The minimum absolute atomic E-state index is 0.0981. The highest BCUT2D eigenvalue weighted by Gasteiger charge is 2.24. The van der Waals surface area contributed by atoms with E-state index in [2.05, 4.69) is 27.3 Å². The first-order chi connectivity index (χ1) is 14.8. The van der Waals surface area contributed by atoms with E-state index in [4.69, 9.17) is 0 Å². The number of aromatic nitrogens is 2. The highest BCUT2D eigenvalue weighted by Crippen LogP contribution is 2.29. The molecule has 1 aliphatic rings. The molecule has 1 N–H and O–H groups in total. The molecule has 0 radical (unpaired) electrons. The van der Waals surface area contributed by atoms with Gasteiger partial charge in [0, 0.05) is 39.3 Å². The molecular weight excluding hydrogens is 434 g/mol. The quantitative estimate of drug-likeness (QED) is 0.567. The van der Waals surface area contributed by atoms with Gasteiger partial charge in [-0.3, -0.25) is 10.1 Å². The second kappa shape index (κ2) is 10.5. The van der Waals surface area contributed by atoms with Crippen molar-refractivity contribution in [1.29, 1.82) is 0 Å². The second-order valence-corrected chi connectivity index (χ2v) is 11.1. The van der Waals surface area contributed by atoms with E-state index in [1.165, 1.54) is 31.5 Å². The summed E-state index contributed by atoms with van der Waals surface area (Å²) in [6.07, 6.45) is 7.42. The SMILES string of the molecule is CCCCCc1nnc(NC(=O)c2cc(S(=O)(=O)N(C)C)ccc2N2CCCCC2)s1. The third kappa shape index (κ3) is 5.81. The largest absolute Gasteiger partial charge is 0.371 e. The van der Waals surface area contributed by atoms with Gasteiger partial charge >= 0.3 is 0 Å². The lowest BCUT2D eigenvalue weighted by Crippen LogP contribution is -2.32. The molecule has 1 saturated heterocycles. The predicted molar refractivity (Wildman–Crippen MR) is 124 cm³/mol. The fraction of sp³-hybridized carbons (Fsp3) is 0.571. The lowest BCUT2D eigenvalue weighted by molar-refractivity contribution is 0.102. The number of nitrogens with one attached hydrogen (secondary N) is 1. The molecule has 1 aromatic heterocycles. The molecule has 0 saturated carbocycles. The Balaban J connectivity index is 1.88. The summed E-state index contributed by atoms with van der Waals surface area (Å²) in [6.45, 7) is 3.84. The standard InChI is InChI=1S/C21H31N5O3S2/c1-4-5-7-10-19-23-24-21(30-19)22-20(27)17-15-16(31(28,29)25(2)3)11-12-18(17)26-13-8-6-9-14-26/h11-12,15H,4-10,13-14H2,1-3H3,(H,22,24,27). The molecule has 2 heterocycles. The summed E-state index contributed by atoms with van der Waals surface area (Å²) in [5, 5.41) is 12.4. The van der Waals surface area contributed by atoms with Crippen molar-refractivity contribution < 1.29 is 13.2 Å². The zero-order valence-corrected chi connectivity index (χ0v) is 20.1. The van der Waals surface area contributed by atoms with Gasteiger partial charge in [0.25, 0.3) is 5.91 Å². The molecule has 0 spiro atoms. The van der Waals surface area contributed by atoms with Crippen LogP contribution in [0.3, 0.4) is 0 Å². The van der Waals surface area contributed by atoms with Crippen LogP contribution in [0.15, 0.2) is 23.1 Å². The van der Waals surface area contributed by atoms with Crippen molar-refractivity contribution in [2.75, 3.05) is 37.4 Å². The molecule has 31 heavy (non-hydrogen) atoms. The van der Waals surface area contributed by atoms with Crippen LogP contribution in [0.1, 0.15) is 60.8 Å². The van der Waals surface area contributed by atoms with Gasteiger partial charge in [0.05, 0.1) is 10.5 Å². The van der Waals surface area contributed by atoms with Crippen LogP contribution in [0.2, 0.25) is 0 Å². The minimum atomic E-state index is -3.65. The van der Waals surface area contributed by atoms with Crippen LogP contribution < -0.4 is 10.2 Å². The Labute approximate surface area is 188 Å². The number of hydrogen-bond donors (Lipinski definition) is 1. The average Bonchev–Trinajstić information content (AvgIpc) is 3.21. The molecule has 0 bridgehead atoms. The van der Waals surface area contributed by atoms with Gasteiger partial charge in [0.1, 0.15) is 5.01 Å². The Bertz CT molecular complexity index is 998. The van der Waals surface area contributed by atoms with Crippen LogP contribution in [0, 0.1) is 0 Å². The Morgan fingerprint density at radius 1 is 1.16 bits per heavy atom. The first kappa shape index (κ1) is 23.6. The zero-order valence-electron chi connectivity index (χ0n) is 18.4. The summed E-state index contributed by atoms with van der Waals surface area (Å²) in [5.74, 6) is -0.368. The smallest absolute Gasteiger partial charge is 0.259 e. The maximum Gasteiger partial charge on any atom is 0.259 e. The van der Waals surface area contributed by atoms with Crippen molar-refractivity contribution in [2.24, 2.45) is 0 Å².